The largest absolute Gasteiger partial charge is 0.456 e. The van der Waals surface area contributed by atoms with E-state index in [1.54, 1.807) is 19.1 Å². The van der Waals surface area contributed by atoms with Crippen molar-refractivity contribution in [1.29, 1.82) is 0 Å². The lowest BCUT2D eigenvalue weighted by Crippen LogP contribution is -2.09. The first-order chi connectivity index (χ1) is 13.8. The number of carbonyl (C=O) groups excluding carboxylic acids is 2. The molecule has 0 spiro atoms. The zero-order valence-electron chi connectivity index (χ0n) is 16.5. The quantitative estimate of drug-likeness (QED) is 0.432. The Morgan fingerprint density at radius 3 is 2.55 bits per heavy atom. The molecule has 3 aromatic rings. The second-order valence-corrected chi connectivity index (χ2v) is 6.88. The maximum absolute atomic E-state index is 13.7. The van der Waals surface area contributed by atoms with Crippen LogP contribution in [0.2, 0.25) is 0 Å². The predicted molar refractivity (Wildman–Crippen MR) is 104 cm³/mol. The summed E-state index contributed by atoms with van der Waals surface area (Å²) in [7, 11) is 0. The van der Waals surface area contributed by atoms with E-state index in [1.807, 2.05) is 32.0 Å². The number of hydrogen-bond donors (Lipinski definition) is 0. The van der Waals surface area contributed by atoms with Gasteiger partial charge in [-0.15, -0.1) is 0 Å². The number of carbonyl (C=O) groups is 2. The summed E-state index contributed by atoms with van der Waals surface area (Å²) in [6.45, 7) is 5.22. The summed E-state index contributed by atoms with van der Waals surface area (Å²) in [6.07, 6.45) is 0.0111. The van der Waals surface area contributed by atoms with Crippen molar-refractivity contribution < 1.29 is 23.2 Å². The van der Waals surface area contributed by atoms with Crippen LogP contribution in [-0.4, -0.2) is 21.9 Å². The second kappa shape index (κ2) is 8.77. The molecule has 0 saturated heterocycles. The van der Waals surface area contributed by atoms with Crippen LogP contribution in [0.4, 0.5) is 4.39 Å². The lowest BCUT2D eigenvalue weighted by Gasteiger charge is -2.06. The molecule has 2 aromatic carbocycles. The van der Waals surface area contributed by atoms with E-state index in [0.717, 1.165) is 11.1 Å². The Kier molecular flexibility index (Phi) is 6.16. The molecule has 3 rings (SSSR count). The third kappa shape index (κ3) is 5.13. The molecule has 0 N–H and O–H groups in total. The van der Waals surface area contributed by atoms with Crippen LogP contribution in [0.5, 0.6) is 0 Å². The molecule has 150 valence electrons. The van der Waals surface area contributed by atoms with Crippen molar-refractivity contribution in [2.45, 2.75) is 40.2 Å². The number of hydrogen-bond acceptors (Lipinski definition) is 6. The van der Waals surface area contributed by atoms with E-state index >= 15 is 0 Å². The van der Waals surface area contributed by atoms with E-state index in [-0.39, 0.29) is 42.8 Å². The number of esters is 1. The number of halogens is 1. The van der Waals surface area contributed by atoms with Gasteiger partial charge in [-0.05, 0) is 44.0 Å². The van der Waals surface area contributed by atoms with E-state index in [1.165, 1.54) is 6.07 Å². The molecule has 6 nitrogen and oxygen atoms in total. The highest BCUT2D eigenvalue weighted by Gasteiger charge is 2.15. The molecule has 0 aliphatic carbocycles. The predicted octanol–water partition coefficient (Wildman–Crippen LogP) is 4.51. The summed E-state index contributed by atoms with van der Waals surface area (Å²) in [5.41, 5.74) is 3.46. The fourth-order valence-electron chi connectivity index (χ4n) is 2.76. The average Bonchev–Trinajstić information content (AvgIpc) is 3.17. The maximum atomic E-state index is 13.7. The maximum Gasteiger partial charge on any atom is 0.306 e. The van der Waals surface area contributed by atoms with Crippen molar-refractivity contribution in [3.63, 3.8) is 0 Å². The Balaban J connectivity index is 1.52. The van der Waals surface area contributed by atoms with E-state index < -0.39 is 5.97 Å². The van der Waals surface area contributed by atoms with E-state index in [0.29, 0.717) is 16.7 Å². The Labute approximate surface area is 167 Å². The van der Waals surface area contributed by atoms with Crippen LogP contribution in [0.1, 0.15) is 45.8 Å². The van der Waals surface area contributed by atoms with Gasteiger partial charge in [0.05, 0.1) is 6.42 Å². The summed E-state index contributed by atoms with van der Waals surface area (Å²) < 4.78 is 23.8. The molecule has 0 bridgehead atoms. The van der Waals surface area contributed by atoms with Gasteiger partial charge in [-0.3, -0.25) is 9.59 Å². The van der Waals surface area contributed by atoms with Gasteiger partial charge in [0.15, 0.2) is 12.4 Å². The number of ether oxygens (including phenoxy) is 1. The van der Waals surface area contributed by atoms with Crippen LogP contribution in [0, 0.1) is 26.6 Å². The normalized spacial score (nSPS) is 10.8. The van der Waals surface area contributed by atoms with Gasteiger partial charge >= 0.3 is 5.97 Å². The molecule has 0 atom stereocenters. The number of benzene rings is 2. The van der Waals surface area contributed by atoms with Crippen molar-refractivity contribution in [2.24, 2.45) is 0 Å². The van der Waals surface area contributed by atoms with Crippen molar-refractivity contribution in [1.82, 2.24) is 10.1 Å². The van der Waals surface area contributed by atoms with Gasteiger partial charge in [0.2, 0.25) is 5.82 Å². The van der Waals surface area contributed by atoms with Gasteiger partial charge in [0.1, 0.15) is 5.82 Å². The van der Waals surface area contributed by atoms with Gasteiger partial charge in [0.25, 0.3) is 5.89 Å². The number of aryl methyl sites for hydroxylation is 3. The van der Waals surface area contributed by atoms with Crippen molar-refractivity contribution >= 4 is 11.8 Å². The van der Waals surface area contributed by atoms with Crippen LogP contribution >= 0.6 is 0 Å². The lowest BCUT2D eigenvalue weighted by molar-refractivity contribution is -0.145. The van der Waals surface area contributed by atoms with Crippen molar-refractivity contribution in [3.05, 3.63) is 70.4 Å². The molecule has 0 radical (unpaired) electrons. The molecule has 7 heteroatoms. The minimum Gasteiger partial charge on any atom is -0.456 e. The molecule has 0 unspecified atom stereocenters. The van der Waals surface area contributed by atoms with Crippen LogP contribution < -0.4 is 0 Å². The highest BCUT2D eigenvalue weighted by molar-refractivity contribution is 5.98. The van der Waals surface area contributed by atoms with Crippen LogP contribution in [-0.2, 0) is 16.1 Å². The molecule has 0 saturated carbocycles. The summed E-state index contributed by atoms with van der Waals surface area (Å²) in [5.74, 6) is -0.710. The second-order valence-electron chi connectivity index (χ2n) is 6.88. The standard InChI is InChI=1S/C22H21FN2O4/c1-13-4-5-14(2)17(10-13)19(26)8-9-21(27)28-12-20-24-22(25-29-20)16-7-6-15(3)18(23)11-16/h4-7,10-11H,8-9,12H2,1-3H3. The topological polar surface area (TPSA) is 82.3 Å². The summed E-state index contributed by atoms with van der Waals surface area (Å²) >= 11 is 0. The van der Waals surface area contributed by atoms with Gasteiger partial charge in [-0.1, -0.05) is 35.0 Å². The summed E-state index contributed by atoms with van der Waals surface area (Å²) in [6, 6.07) is 10.2. The Morgan fingerprint density at radius 2 is 1.79 bits per heavy atom. The number of Topliss-reactive ketones (excluding diaryl/α,β-unsaturated/α-hetero) is 1. The van der Waals surface area contributed by atoms with Crippen molar-refractivity contribution in [3.8, 4) is 11.4 Å². The first-order valence-electron chi connectivity index (χ1n) is 9.18. The summed E-state index contributed by atoms with van der Waals surface area (Å²) in [4.78, 5) is 28.4. The summed E-state index contributed by atoms with van der Waals surface area (Å²) in [5, 5.41) is 3.77. The Morgan fingerprint density at radius 1 is 1.03 bits per heavy atom. The highest BCUT2D eigenvalue weighted by atomic mass is 19.1. The molecular formula is C22H21FN2O4. The Bertz CT molecular complexity index is 1060. The smallest absolute Gasteiger partial charge is 0.306 e. The minimum absolute atomic E-state index is 0.0453. The molecule has 0 amide bonds. The zero-order chi connectivity index (χ0) is 21.0. The molecule has 0 fully saturated rings. The van der Waals surface area contributed by atoms with Crippen LogP contribution in [0.25, 0.3) is 11.4 Å². The molecule has 1 heterocycles. The van der Waals surface area contributed by atoms with E-state index in [9.17, 15) is 14.0 Å². The minimum atomic E-state index is -0.537. The number of ketones is 1. The third-order valence-electron chi connectivity index (χ3n) is 4.50. The van der Waals surface area contributed by atoms with Crippen molar-refractivity contribution in [2.75, 3.05) is 0 Å². The molecule has 29 heavy (non-hydrogen) atoms. The molecule has 0 aliphatic heterocycles. The first kappa shape index (κ1) is 20.4. The first-order valence-corrected chi connectivity index (χ1v) is 9.18. The fourth-order valence-corrected chi connectivity index (χ4v) is 2.76. The van der Waals surface area contributed by atoms with E-state index in [4.69, 9.17) is 9.26 Å². The Hall–Kier alpha value is -3.35. The molecule has 1 aromatic heterocycles. The van der Waals surface area contributed by atoms with Crippen LogP contribution in [0.3, 0.4) is 0 Å². The van der Waals surface area contributed by atoms with Gasteiger partial charge < -0.3 is 9.26 Å². The number of aromatic nitrogens is 2. The van der Waals surface area contributed by atoms with E-state index in [2.05, 4.69) is 10.1 Å². The molecule has 0 aliphatic rings. The third-order valence-corrected chi connectivity index (χ3v) is 4.50. The fraction of sp³-hybridized carbons (Fsp3) is 0.273. The van der Waals surface area contributed by atoms with Gasteiger partial charge in [-0.25, -0.2) is 4.39 Å². The number of rotatable bonds is 7. The highest BCUT2D eigenvalue weighted by Crippen LogP contribution is 2.19. The monoisotopic (exact) mass is 396 g/mol. The molecular weight excluding hydrogens is 375 g/mol. The average molecular weight is 396 g/mol. The lowest BCUT2D eigenvalue weighted by atomic mass is 9.99. The van der Waals surface area contributed by atoms with Gasteiger partial charge in [0, 0.05) is 17.5 Å². The van der Waals surface area contributed by atoms with Crippen LogP contribution in [0.15, 0.2) is 40.9 Å². The number of nitrogens with zero attached hydrogens (tertiary/aromatic N) is 2. The zero-order valence-corrected chi connectivity index (χ0v) is 16.5. The SMILES string of the molecule is Cc1ccc(C)c(C(=O)CCC(=O)OCc2nc(-c3ccc(C)c(F)c3)no2)c1. The van der Waals surface area contributed by atoms with Gasteiger partial charge in [-0.2, -0.15) is 4.98 Å².